The van der Waals surface area contributed by atoms with Gasteiger partial charge in [-0.25, -0.2) is 14.6 Å². The van der Waals surface area contributed by atoms with Crippen LogP contribution in [0.1, 0.15) is 71.7 Å². The third kappa shape index (κ3) is 9.87. The van der Waals surface area contributed by atoms with Crippen LogP contribution in [0.3, 0.4) is 0 Å². The molecule has 4 aliphatic heterocycles. The highest BCUT2D eigenvalue weighted by Gasteiger charge is 2.42. The van der Waals surface area contributed by atoms with E-state index in [0.29, 0.717) is 112 Å². The van der Waals surface area contributed by atoms with E-state index in [1.807, 2.05) is 44.7 Å². The number of likely N-dealkylation sites (tertiary alicyclic amines) is 2. The van der Waals surface area contributed by atoms with E-state index in [2.05, 4.69) is 25.3 Å². The van der Waals surface area contributed by atoms with Gasteiger partial charge in [-0.1, -0.05) is 45.9 Å². The van der Waals surface area contributed by atoms with Crippen molar-refractivity contribution in [2.75, 3.05) is 64.3 Å². The van der Waals surface area contributed by atoms with Crippen molar-refractivity contribution in [2.45, 2.75) is 84.3 Å². The van der Waals surface area contributed by atoms with Gasteiger partial charge in [0.2, 0.25) is 11.8 Å². The molecule has 0 spiro atoms. The Morgan fingerprint density at radius 1 is 0.906 bits per heavy atom. The fourth-order valence-corrected chi connectivity index (χ4v) is 9.89. The molecule has 4 aliphatic rings. The van der Waals surface area contributed by atoms with Gasteiger partial charge in [0.1, 0.15) is 17.6 Å². The number of urea groups is 1. The zero-order valence-electron chi connectivity index (χ0n) is 36.7. The lowest BCUT2D eigenvalue weighted by Crippen LogP contribution is -2.56. The number of hydrogen-bond acceptors (Lipinski definition) is 8. The molecule has 0 unspecified atom stereocenters. The van der Waals surface area contributed by atoms with E-state index in [1.54, 1.807) is 34.1 Å². The Kier molecular flexibility index (Phi) is 12.7. The Bertz CT molecular complexity index is 2380. The van der Waals surface area contributed by atoms with Crippen molar-refractivity contribution in [3.05, 3.63) is 54.4 Å². The molecule has 3 atom stereocenters. The predicted molar refractivity (Wildman–Crippen MR) is 234 cm³/mol. The molecule has 0 aliphatic carbocycles. The number of fused-ring (bicyclic) bond motifs is 3. The first kappa shape index (κ1) is 45.0. The van der Waals surface area contributed by atoms with Crippen LogP contribution in [0.4, 0.5) is 28.4 Å². The van der Waals surface area contributed by atoms with Crippen molar-refractivity contribution in [2.24, 2.45) is 17.3 Å². The molecule has 1 aromatic heterocycles. The quantitative estimate of drug-likeness (QED) is 0.140. The van der Waals surface area contributed by atoms with Gasteiger partial charge in [-0.15, -0.1) is 13.2 Å². The molecular weight excluding hydrogens is 834 g/mol. The van der Waals surface area contributed by atoms with Gasteiger partial charge in [0.25, 0.3) is 0 Å². The van der Waals surface area contributed by atoms with Crippen LogP contribution in [0.2, 0.25) is 0 Å². The lowest BCUT2D eigenvalue weighted by atomic mass is 9.90. The maximum atomic E-state index is 14.1. The van der Waals surface area contributed by atoms with Crippen LogP contribution in [0.25, 0.3) is 32.9 Å². The molecule has 4 aromatic rings. The topological polar surface area (TPSA) is 173 Å². The number of alkyl halides is 3. The molecule has 4 saturated heterocycles. The van der Waals surface area contributed by atoms with Gasteiger partial charge in [0, 0.05) is 93.2 Å². The summed E-state index contributed by atoms with van der Waals surface area (Å²) in [6.07, 6.45) is -2.77. The number of ether oxygens (including phenoxy) is 2. The van der Waals surface area contributed by atoms with Crippen LogP contribution in [0, 0.1) is 17.3 Å². The summed E-state index contributed by atoms with van der Waals surface area (Å²) in [5, 5.41) is 16.3. The Morgan fingerprint density at radius 3 is 2.30 bits per heavy atom. The number of aromatic amines is 1. The first-order chi connectivity index (χ1) is 30.4. The molecule has 8 rings (SSSR count). The first-order valence-corrected chi connectivity index (χ1v) is 22.2. The summed E-state index contributed by atoms with van der Waals surface area (Å²) in [5.41, 5.74) is 1.70. The van der Waals surface area contributed by atoms with E-state index >= 15 is 0 Å². The Labute approximate surface area is 369 Å². The molecule has 4 N–H and O–H groups in total. The monoisotopic (exact) mass is 890 g/mol. The van der Waals surface area contributed by atoms with E-state index < -0.39 is 41.7 Å². The fourth-order valence-electron chi connectivity index (χ4n) is 9.89. The second-order valence-corrected chi connectivity index (χ2v) is 18.7. The molecule has 15 nitrogen and oxygen atoms in total. The first-order valence-electron chi connectivity index (χ1n) is 22.2. The van der Waals surface area contributed by atoms with E-state index in [9.17, 15) is 37.5 Å². The zero-order valence-corrected chi connectivity index (χ0v) is 36.7. The highest BCUT2D eigenvalue weighted by atomic mass is 19.4. The van der Waals surface area contributed by atoms with Gasteiger partial charge in [-0.05, 0) is 79.2 Å². The van der Waals surface area contributed by atoms with Crippen molar-refractivity contribution >= 4 is 51.4 Å². The van der Waals surface area contributed by atoms with Gasteiger partial charge >= 0.3 is 18.5 Å². The van der Waals surface area contributed by atoms with Crippen molar-refractivity contribution in [1.29, 1.82) is 0 Å². The molecule has 64 heavy (non-hydrogen) atoms. The van der Waals surface area contributed by atoms with Crippen LogP contribution in [0.15, 0.2) is 48.5 Å². The molecule has 5 amide bonds. The van der Waals surface area contributed by atoms with Gasteiger partial charge < -0.3 is 44.9 Å². The number of carbonyl (C=O) groups is 4. The number of hydrogen-bond donors (Lipinski definition) is 4. The number of nitrogens with one attached hydrogen (secondary N) is 3. The maximum Gasteiger partial charge on any atom is 0.573 e. The number of H-pyrrole nitrogens is 1. The summed E-state index contributed by atoms with van der Waals surface area (Å²) in [4.78, 5) is 68.0. The minimum atomic E-state index is -5.00. The normalized spacial score (nSPS) is 21.3. The number of halogens is 3. The number of benzene rings is 3. The number of aromatic nitrogens is 2. The molecule has 18 heteroatoms. The smallest absolute Gasteiger partial charge is 0.465 e. The van der Waals surface area contributed by atoms with Crippen LogP contribution in [0.5, 0.6) is 5.75 Å². The number of piperazine rings is 1. The van der Waals surface area contributed by atoms with Crippen LogP contribution in [-0.4, -0.2) is 136 Å². The van der Waals surface area contributed by atoms with Gasteiger partial charge in [-0.3, -0.25) is 14.5 Å². The molecule has 0 radical (unpaired) electrons. The van der Waals surface area contributed by atoms with Crippen LogP contribution < -0.4 is 15.4 Å². The summed E-state index contributed by atoms with van der Waals surface area (Å²) in [7, 11) is 0. The summed E-state index contributed by atoms with van der Waals surface area (Å²) >= 11 is 0. The Balaban J connectivity index is 0.964. The number of anilines is 1. The Morgan fingerprint density at radius 2 is 1.62 bits per heavy atom. The largest absolute Gasteiger partial charge is 0.573 e. The lowest BCUT2D eigenvalue weighted by molar-refractivity contribution is -0.274. The highest BCUT2D eigenvalue weighted by Crippen LogP contribution is 2.40. The molecule has 3 aromatic carbocycles. The van der Waals surface area contributed by atoms with Crippen molar-refractivity contribution in [1.82, 2.24) is 34.9 Å². The second kappa shape index (κ2) is 18.1. The third-order valence-corrected chi connectivity index (χ3v) is 13.2. The lowest BCUT2D eigenvalue weighted by Gasteiger charge is -2.43. The predicted octanol–water partition coefficient (Wildman–Crippen LogP) is 7.44. The molecular formula is C46H57F3N8O7. The molecule has 344 valence electrons. The van der Waals surface area contributed by atoms with Crippen molar-refractivity contribution in [3.63, 3.8) is 0 Å². The minimum absolute atomic E-state index is 0.137. The average molecular weight is 891 g/mol. The summed E-state index contributed by atoms with van der Waals surface area (Å²) < 4.78 is 51.6. The standard InChI is InChI=1S/C46H57F3N8O7/c1-27-23-36(57(26-27)41(58)38(53-44(61)62)28-13-21-63-22-14-28)40-51-35-10-6-30-24-29(5-8-34(30)39(35)52-40)33-9-7-31(25-37(33)64-46(47,48)49)50-43(60)56-19-17-54(18-20-56)32-11-15-55(16-12-32)42(59)45(2,3)4/h5-10,24-25,27-28,32,36,38,53H,11-23,26H2,1-4H3,(H,50,60)(H,51,52)(H,61,62)/t27-,36-,38-/m0/s1. The van der Waals surface area contributed by atoms with Crippen LogP contribution >= 0.6 is 0 Å². The number of nitrogens with zero attached hydrogens (tertiary/aromatic N) is 5. The van der Waals surface area contributed by atoms with E-state index in [4.69, 9.17) is 9.72 Å². The van der Waals surface area contributed by atoms with Gasteiger partial charge in [-0.2, -0.15) is 0 Å². The van der Waals surface area contributed by atoms with Gasteiger partial charge in [0.15, 0.2) is 0 Å². The molecule has 5 heterocycles. The van der Waals surface area contributed by atoms with Crippen LogP contribution in [-0.2, 0) is 14.3 Å². The minimum Gasteiger partial charge on any atom is -0.465 e. The summed E-state index contributed by atoms with van der Waals surface area (Å²) in [5.74, 6) is -0.0972. The number of carbonyl (C=O) groups excluding carboxylic acids is 3. The number of carboxylic acid groups (broad SMARTS) is 1. The van der Waals surface area contributed by atoms with E-state index in [0.717, 1.165) is 18.2 Å². The average Bonchev–Trinajstić information content (AvgIpc) is 3.88. The van der Waals surface area contributed by atoms with Crippen molar-refractivity contribution in [3.8, 4) is 16.9 Å². The molecule has 0 saturated carbocycles. The summed E-state index contributed by atoms with van der Waals surface area (Å²) in [6, 6.07) is 11.7. The van der Waals surface area contributed by atoms with E-state index in [-0.39, 0.29) is 34.9 Å². The molecule has 4 fully saturated rings. The third-order valence-electron chi connectivity index (χ3n) is 13.2. The maximum absolute atomic E-state index is 14.1. The number of rotatable bonds is 8. The fraction of sp³-hybridized carbons (Fsp3) is 0.543. The molecule has 0 bridgehead atoms. The number of piperidine rings is 1. The van der Waals surface area contributed by atoms with Crippen molar-refractivity contribution < 1.29 is 46.9 Å². The van der Waals surface area contributed by atoms with E-state index in [1.165, 1.54) is 12.1 Å². The Hall–Kier alpha value is -5.62. The van der Waals surface area contributed by atoms with Gasteiger partial charge in [0.05, 0.1) is 17.1 Å². The second-order valence-electron chi connectivity index (χ2n) is 18.7. The number of amides is 5. The number of imidazole rings is 1. The SMILES string of the molecule is C[C@H]1C[C@@H](c2nc3c(ccc4cc(-c5ccc(NC(=O)N6CCN(C7CCN(C(=O)C(C)(C)C)CC7)CC6)cc5OC(F)(F)F)ccc43)[nH]2)N(C(=O)[C@@H](NC(=O)O)C2CCOCC2)C1. The zero-order chi connectivity index (χ0) is 45.5. The highest BCUT2D eigenvalue weighted by molar-refractivity contribution is 6.05. The summed E-state index contributed by atoms with van der Waals surface area (Å²) in [6.45, 7) is 12.8.